The molecule has 0 atom stereocenters. The Labute approximate surface area is 116 Å². The van der Waals surface area contributed by atoms with E-state index < -0.39 is 5.24 Å². The molecule has 1 aliphatic carbocycles. The molecule has 0 unspecified atom stereocenters. The Balaban J connectivity index is 2.01. The summed E-state index contributed by atoms with van der Waals surface area (Å²) in [5, 5.41) is -0.644. The van der Waals surface area contributed by atoms with Crippen LogP contribution < -0.4 is 0 Å². The fraction of sp³-hybridized carbons (Fsp3) is 0.429. The molecular weight excluding hydrogens is 271 g/mol. The summed E-state index contributed by atoms with van der Waals surface area (Å²) in [5.74, 6) is 0.475. The van der Waals surface area contributed by atoms with Crippen LogP contribution >= 0.6 is 23.2 Å². The Kier molecular flexibility index (Phi) is 4.41. The second-order valence-electron chi connectivity index (χ2n) is 4.75. The largest absolute Gasteiger partial charge is 0.281 e. The van der Waals surface area contributed by atoms with E-state index in [4.69, 9.17) is 23.2 Å². The summed E-state index contributed by atoms with van der Waals surface area (Å²) in [4.78, 5) is 22.0. The van der Waals surface area contributed by atoms with Crippen molar-refractivity contribution in [3.63, 3.8) is 0 Å². The van der Waals surface area contributed by atoms with E-state index in [2.05, 4.69) is 0 Å². The van der Waals surface area contributed by atoms with Crippen LogP contribution in [0.2, 0.25) is 0 Å². The van der Waals surface area contributed by atoms with Crippen LogP contribution in [-0.2, 0) is 4.79 Å². The van der Waals surface area contributed by atoms with Crippen LogP contribution in [0.1, 0.15) is 47.5 Å². The second kappa shape index (κ2) is 5.85. The summed E-state index contributed by atoms with van der Waals surface area (Å²) in [6.45, 7) is 0. The predicted octanol–water partition coefficient (Wildman–Crippen LogP) is 4.10. The molecule has 0 amide bonds. The lowest BCUT2D eigenvalue weighted by atomic mass is 9.79. The average Bonchev–Trinajstić information content (AvgIpc) is 2.39. The first-order valence-corrected chi connectivity index (χ1v) is 6.82. The van der Waals surface area contributed by atoms with Gasteiger partial charge in [-0.2, -0.15) is 0 Å². The van der Waals surface area contributed by atoms with Gasteiger partial charge in [0.05, 0.1) is 0 Å². The van der Waals surface area contributed by atoms with Crippen molar-refractivity contribution in [2.45, 2.75) is 31.6 Å². The number of hydrogen-bond donors (Lipinski definition) is 0. The monoisotopic (exact) mass is 284 g/mol. The summed E-state index contributed by atoms with van der Waals surface area (Å²) < 4.78 is 0. The van der Waals surface area contributed by atoms with Crippen molar-refractivity contribution in [2.75, 3.05) is 0 Å². The van der Waals surface area contributed by atoms with E-state index in [1.54, 1.807) is 12.1 Å². The molecule has 0 saturated heterocycles. The van der Waals surface area contributed by atoms with Gasteiger partial charge in [0, 0.05) is 11.5 Å². The van der Waals surface area contributed by atoms with Crippen molar-refractivity contribution >= 4 is 33.7 Å². The third-order valence-corrected chi connectivity index (χ3v) is 4.18. The highest BCUT2D eigenvalue weighted by Gasteiger charge is 2.25. The number of halogens is 2. The van der Waals surface area contributed by atoms with Crippen LogP contribution in [0.4, 0.5) is 0 Å². The van der Waals surface area contributed by atoms with Crippen LogP contribution in [0.3, 0.4) is 0 Å². The number of hydrogen-bond acceptors (Lipinski definition) is 2. The maximum absolute atomic E-state index is 11.1. The molecule has 0 N–H and O–H groups in total. The van der Waals surface area contributed by atoms with Crippen molar-refractivity contribution in [1.82, 2.24) is 0 Å². The third kappa shape index (κ3) is 3.12. The van der Waals surface area contributed by atoms with Crippen molar-refractivity contribution in [3.8, 4) is 0 Å². The lowest BCUT2D eigenvalue weighted by molar-refractivity contribution is -0.116. The summed E-state index contributed by atoms with van der Waals surface area (Å²) >= 11 is 10.9. The van der Waals surface area contributed by atoms with Crippen LogP contribution in [0.5, 0.6) is 0 Å². The minimum absolute atomic E-state index is 0.0200. The first-order valence-electron chi connectivity index (χ1n) is 6.07. The molecule has 96 valence electrons. The zero-order valence-corrected chi connectivity index (χ0v) is 11.4. The van der Waals surface area contributed by atoms with Crippen molar-refractivity contribution in [1.29, 1.82) is 0 Å². The average molecular weight is 285 g/mol. The Hall–Kier alpha value is -0.860. The first-order chi connectivity index (χ1) is 8.58. The van der Waals surface area contributed by atoms with E-state index in [0.29, 0.717) is 11.5 Å². The second-order valence-corrected chi connectivity index (χ2v) is 5.46. The van der Waals surface area contributed by atoms with Gasteiger partial charge in [-0.1, -0.05) is 12.1 Å². The number of carbonyl (C=O) groups is 2. The van der Waals surface area contributed by atoms with Crippen molar-refractivity contribution in [2.24, 2.45) is 5.92 Å². The van der Waals surface area contributed by atoms with Crippen LogP contribution in [0.15, 0.2) is 24.3 Å². The molecule has 18 heavy (non-hydrogen) atoms. The maximum atomic E-state index is 11.1. The zero-order chi connectivity index (χ0) is 13.1. The smallest absolute Gasteiger partial charge is 0.252 e. The van der Waals surface area contributed by atoms with Crippen LogP contribution in [0.25, 0.3) is 0 Å². The molecule has 2 rings (SSSR count). The van der Waals surface area contributed by atoms with E-state index in [1.165, 1.54) is 5.56 Å². The van der Waals surface area contributed by atoms with E-state index in [9.17, 15) is 9.59 Å². The normalized spacial score (nSPS) is 23.7. The number of rotatable bonds is 3. The molecule has 1 saturated carbocycles. The summed E-state index contributed by atoms with van der Waals surface area (Å²) in [7, 11) is 0. The summed E-state index contributed by atoms with van der Waals surface area (Å²) in [5.41, 5.74) is 1.72. The molecule has 1 fully saturated rings. The predicted molar refractivity (Wildman–Crippen MR) is 72.2 cm³/mol. The van der Waals surface area contributed by atoms with E-state index in [1.807, 2.05) is 12.1 Å². The molecule has 0 aromatic heterocycles. The van der Waals surface area contributed by atoms with E-state index in [0.717, 1.165) is 25.7 Å². The first kappa shape index (κ1) is 13.6. The lowest BCUT2D eigenvalue weighted by Crippen LogP contribution is -2.17. The van der Waals surface area contributed by atoms with Gasteiger partial charge in [-0.05, 0) is 72.5 Å². The molecule has 0 radical (unpaired) electrons. The Morgan fingerprint density at radius 1 is 0.944 bits per heavy atom. The van der Waals surface area contributed by atoms with Gasteiger partial charge in [-0.25, -0.2) is 0 Å². The highest BCUT2D eigenvalue weighted by atomic mass is 35.5. The van der Waals surface area contributed by atoms with E-state index in [-0.39, 0.29) is 11.2 Å². The third-order valence-electron chi connectivity index (χ3n) is 3.66. The summed E-state index contributed by atoms with van der Waals surface area (Å²) in [6, 6.07) is 7.40. The molecule has 1 aromatic rings. The quantitative estimate of drug-likeness (QED) is 0.783. The standard InChI is InChI=1S/C14H14Cl2O2/c15-13(17)11-5-1-9(2-6-11)10-3-7-12(8-4-10)14(16)18/h1-2,5-6,10,12H,3-4,7-8H2. The van der Waals surface area contributed by atoms with Crippen LogP contribution in [-0.4, -0.2) is 10.5 Å². The van der Waals surface area contributed by atoms with Gasteiger partial charge in [0.25, 0.3) is 5.24 Å². The molecule has 0 bridgehead atoms. The Morgan fingerprint density at radius 3 is 1.94 bits per heavy atom. The zero-order valence-electron chi connectivity index (χ0n) is 9.86. The molecule has 0 spiro atoms. The van der Waals surface area contributed by atoms with E-state index >= 15 is 0 Å². The van der Waals surface area contributed by atoms with Crippen molar-refractivity contribution < 1.29 is 9.59 Å². The molecule has 1 aromatic carbocycles. The fourth-order valence-corrected chi connectivity index (χ4v) is 2.88. The van der Waals surface area contributed by atoms with Crippen LogP contribution in [0, 0.1) is 5.92 Å². The minimum atomic E-state index is -0.432. The highest BCUT2D eigenvalue weighted by Crippen LogP contribution is 2.36. The molecule has 2 nitrogen and oxygen atoms in total. The van der Waals surface area contributed by atoms with Gasteiger partial charge in [-0.15, -0.1) is 0 Å². The minimum Gasteiger partial charge on any atom is -0.281 e. The highest BCUT2D eigenvalue weighted by molar-refractivity contribution is 6.67. The van der Waals surface area contributed by atoms with Gasteiger partial charge in [0.15, 0.2) is 0 Å². The van der Waals surface area contributed by atoms with Crippen molar-refractivity contribution in [3.05, 3.63) is 35.4 Å². The molecule has 0 heterocycles. The molecular formula is C14H14Cl2O2. The molecule has 1 aliphatic rings. The fourth-order valence-electron chi connectivity index (χ4n) is 2.54. The SMILES string of the molecule is O=C(Cl)c1ccc(C2CCC(C(=O)Cl)CC2)cc1. The maximum Gasteiger partial charge on any atom is 0.252 e. The van der Waals surface area contributed by atoms with Gasteiger partial charge in [0.1, 0.15) is 0 Å². The summed E-state index contributed by atoms with van der Waals surface area (Å²) in [6.07, 6.45) is 3.64. The number of benzene rings is 1. The van der Waals surface area contributed by atoms with Gasteiger partial charge in [-0.3, -0.25) is 9.59 Å². The Bertz CT molecular complexity index is 445. The topological polar surface area (TPSA) is 34.1 Å². The van der Waals surface area contributed by atoms with Gasteiger partial charge in [0.2, 0.25) is 5.24 Å². The Morgan fingerprint density at radius 2 is 1.50 bits per heavy atom. The van der Waals surface area contributed by atoms with Gasteiger partial charge < -0.3 is 0 Å². The van der Waals surface area contributed by atoms with Gasteiger partial charge >= 0.3 is 0 Å². The molecule has 0 aliphatic heterocycles. The lowest BCUT2D eigenvalue weighted by Gasteiger charge is -2.26. The molecule has 4 heteroatoms. The number of carbonyl (C=O) groups excluding carboxylic acids is 2.